The molecule has 1 saturated heterocycles. The van der Waals surface area contributed by atoms with E-state index in [-0.39, 0.29) is 12.0 Å². The minimum atomic E-state index is -3.21. The van der Waals surface area contributed by atoms with Gasteiger partial charge in [0.25, 0.3) is 5.91 Å². The largest absolute Gasteiger partial charge is 0.473 e. The number of benzene rings is 2. The molecule has 1 amide bonds. The van der Waals surface area contributed by atoms with Crippen LogP contribution in [0.2, 0.25) is 0 Å². The fraction of sp³-hybridized carbons (Fsp3) is 0.333. The molecule has 168 valence electrons. The van der Waals surface area contributed by atoms with Gasteiger partial charge < -0.3 is 4.74 Å². The zero-order valence-electron chi connectivity index (χ0n) is 17.8. The van der Waals surface area contributed by atoms with Crippen molar-refractivity contribution in [2.75, 3.05) is 26.2 Å². The second-order valence-corrected chi connectivity index (χ2v) is 10.2. The smallest absolute Gasteiger partial charge is 0.274 e. The lowest BCUT2D eigenvalue weighted by Crippen LogP contribution is -2.30. The number of nitrogens with zero attached hydrogens (tertiary/aromatic N) is 3. The van der Waals surface area contributed by atoms with Gasteiger partial charge in [-0.1, -0.05) is 41.1 Å². The van der Waals surface area contributed by atoms with E-state index in [9.17, 15) is 13.9 Å². The number of carbonyl (C=O) groups is 1. The molecule has 1 unspecified atom stereocenters. The molecular formula is C24H27N3O4S. The van der Waals surface area contributed by atoms with E-state index in [0.717, 1.165) is 43.4 Å². The molecule has 1 fully saturated rings. The van der Waals surface area contributed by atoms with Crippen LogP contribution in [0.1, 0.15) is 29.6 Å². The van der Waals surface area contributed by atoms with Crippen molar-refractivity contribution in [2.45, 2.75) is 30.3 Å². The quantitative estimate of drug-likeness (QED) is 0.507. The number of rotatable bonds is 7. The molecule has 0 spiro atoms. The first kappa shape index (κ1) is 21.2. The monoisotopic (exact) mass is 453 g/mol. The Kier molecular flexibility index (Phi) is 5.77. The van der Waals surface area contributed by atoms with Crippen LogP contribution in [0, 0.1) is 0 Å². The summed E-state index contributed by atoms with van der Waals surface area (Å²) in [7, 11) is -3.21. The van der Waals surface area contributed by atoms with E-state index >= 15 is 0 Å². The van der Waals surface area contributed by atoms with Gasteiger partial charge >= 0.3 is 0 Å². The predicted octanol–water partition coefficient (Wildman–Crippen LogP) is 4.65. The lowest BCUT2D eigenvalue weighted by molar-refractivity contribution is 0.0860. The van der Waals surface area contributed by atoms with E-state index in [2.05, 4.69) is 9.88 Å². The van der Waals surface area contributed by atoms with Gasteiger partial charge in [0.2, 0.25) is 5.88 Å². The number of ether oxygens (including phenoxy) is 1. The maximum absolute atomic E-state index is 12.6. The fourth-order valence-corrected chi connectivity index (χ4v) is 6.11. The van der Waals surface area contributed by atoms with E-state index in [1.165, 1.54) is 4.31 Å². The van der Waals surface area contributed by atoms with Crippen LogP contribution in [0.3, 0.4) is 0 Å². The topological polar surface area (TPSA) is 86.1 Å². The summed E-state index contributed by atoms with van der Waals surface area (Å²) in [6.07, 6.45) is 2.65. The normalized spacial score (nSPS) is 21.1. The van der Waals surface area contributed by atoms with Crippen LogP contribution in [0.5, 0.6) is 5.88 Å². The van der Waals surface area contributed by atoms with Crippen LogP contribution in [0.4, 0.5) is 0 Å². The number of pyridine rings is 1. The molecule has 0 bridgehead atoms. The highest BCUT2D eigenvalue weighted by atomic mass is 32.3. The Morgan fingerprint density at radius 1 is 1.00 bits per heavy atom. The first-order valence-corrected chi connectivity index (χ1v) is 12.5. The lowest BCUT2D eigenvalue weighted by Gasteiger charge is -2.37. The Morgan fingerprint density at radius 2 is 1.78 bits per heavy atom. The molecule has 2 aliphatic heterocycles. The first-order valence-electron chi connectivity index (χ1n) is 11.0. The minimum Gasteiger partial charge on any atom is -0.473 e. The third-order valence-corrected chi connectivity index (χ3v) is 8.03. The van der Waals surface area contributed by atoms with Crippen molar-refractivity contribution in [1.82, 2.24) is 14.2 Å². The van der Waals surface area contributed by atoms with E-state index in [0.29, 0.717) is 29.3 Å². The van der Waals surface area contributed by atoms with Crippen molar-refractivity contribution in [2.24, 2.45) is 0 Å². The van der Waals surface area contributed by atoms with Crippen molar-refractivity contribution < 1.29 is 18.6 Å². The molecule has 1 aromatic heterocycles. The number of likely N-dealkylation sites (tertiary alicyclic amines) is 1. The SMILES string of the molecule is O=C1c2ccccc2S(O)(O)N1CCCCN1CCC(Oc2ccc3ccccc3n2)C1. The molecule has 2 N–H and O–H groups in total. The fourth-order valence-electron chi connectivity index (χ4n) is 4.45. The van der Waals surface area contributed by atoms with E-state index in [1.54, 1.807) is 24.3 Å². The summed E-state index contributed by atoms with van der Waals surface area (Å²) in [6, 6.07) is 18.7. The highest BCUT2D eigenvalue weighted by Crippen LogP contribution is 2.58. The van der Waals surface area contributed by atoms with Gasteiger partial charge in [-0.15, -0.1) is 0 Å². The zero-order valence-corrected chi connectivity index (χ0v) is 18.6. The number of aromatic nitrogens is 1. The predicted molar refractivity (Wildman–Crippen MR) is 125 cm³/mol. The number of para-hydroxylation sites is 1. The van der Waals surface area contributed by atoms with Gasteiger partial charge in [-0.05, 0) is 50.1 Å². The molecule has 2 aromatic carbocycles. The summed E-state index contributed by atoms with van der Waals surface area (Å²) >= 11 is 0. The summed E-state index contributed by atoms with van der Waals surface area (Å²) in [4.78, 5) is 19.8. The third-order valence-electron chi connectivity index (χ3n) is 6.12. The number of fused-ring (bicyclic) bond motifs is 2. The minimum absolute atomic E-state index is 0.116. The van der Waals surface area contributed by atoms with Crippen molar-refractivity contribution in [1.29, 1.82) is 0 Å². The van der Waals surface area contributed by atoms with Crippen LogP contribution in [0.15, 0.2) is 65.6 Å². The summed E-state index contributed by atoms with van der Waals surface area (Å²) < 4.78 is 28.4. The molecule has 32 heavy (non-hydrogen) atoms. The Bertz CT molecular complexity index is 1140. The van der Waals surface area contributed by atoms with E-state index in [4.69, 9.17) is 4.74 Å². The molecule has 8 heteroatoms. The van der Waals surface area contributed by atoms with Crippen LogP contribution < -0.4 is 4.74 Å². The average molecular weight is 454 g/mol. The van der Waals surface area contributed by atoms with Gasteiger partial charge in [0, 0.05) is 31.1 Å². The molecule has 7 nitrogen and oxygen atoms in total. The summed E-state index contributed by atoms with van der Waals surface area (Å²) in [5.74, 6) is 0.367. The molecule has 3 heterocycles. The maximum Gasteiger partial charge on any atom is 0.274 e. The highest BCUT2D eigenvalue weighted by Gasteiger charge is 2.40. The second kappa shape index (κ2) is 8.71. The zero-order chi connectivity index (χ0) is 22.1. The Labute approximate surface area is 189 Å². The van der Waals surface area contributed by atoms with Gasteiger partial charge in [0.15, 0.2) is 0 Å². The van der Waals surface area contributed by atoms with E-state index in [1.807, 2.05) is 36.4 Å². The number of carbonyl (C=O) groups excluding carboxylic acids is 1. The van der Waals surface area contributed by atoms with Crippen LogP contribution in [0.25, 0.3) is 10.9 Å². The maximum atomic E-state index is 12.6. The van der Waals surface area contributed by atoms with Gasteiger partial charge in [-0.25, -0.2) is 9.29 Å². The van der Waals surface area contributed by atoms with Crippen LogP contribution in [-0.4, -0.2) is 61.5 Å². The summed E-state index contributed by atoms with van der Waals surface area (Å²) in [5.41, 5.74) is 1.33. The van der Waals surface area contributed by atoms with Crippen molar-refractivity contribution >= 4 is 27.6 Å². The van der Waals surface area contributed by atoms with Crippen LogP contribution >= 0.6 is 10.8 Å². The Morgan fingerprint density at radius 3 is 2.66 bits per heavy atom. The standard InChI is InChI=1S/C24H27N3O4S/c28-24-20-8-2-4-10-22(20)32(29,30)27(24)15-6-5-14-26-16-13-19(17-26)31-23-12-11-18-7-1-3-9-21(18)25-23/h1-4,7-12,19,29-30H,5-6,13-17H2. The summed E-state index contributed by atoms with van der Waals surface area (Å²) in [5, 5.41) is 1.10. The highest BCUT2D eigenvalue weighted by molar-refractivity contribution is 8.23. The van der Waals surface area contributed by atoms with Crippen LogP contribution in [-0.2, 0) is 0 Å². The number of unbranched alkanes of at least 4 members (excludes halogenated alkanes) is 1. The average Bonchev–Trinajstić information content (AvgIpc) is 3.32. The second-order valence-electron chi connectivity index (χ2n) is 8.30. The van der Waals surface area contributed by atoms with E-state index < -0.39 is 10.8 Å². The van der Waals surface area contributed by atoms with Gasteiger partial charge in [-0.3, -0.25) is 18.8 Å². The first-order chi connectivity index (χ1) is 15.5. The van der Waals surface area contributed by atoms with Gasteiger partial charge in [0.1, 0.15) is 6.10 Å². The molecule has 0 aliphatic carbocycles. The Balaban J connectivity index is 1.09. The third kappa shape index (κ3) is 4.06. The molecule has 3 aromatic rings. The van der Waals surface area contributed by atoms with Crippen molar-refractivity contribution in [3.8, 4) is 5.88 Å². The molecule has 2 aliphatic rings. The lowest BCUT2D eigenvalue weighted by atomic mass is 10.2. The molecule has 5 rings (SSSR count). The summed E-state index contributed by atoms with van der Waals surface area (Å²) in [6.45, 7) is 3.03. The number of amides is 1. The van der Waals surface area contributed by atoms with Gasteiger partial charge in [0.05, 0.1) is 16.0 Å². The molecule has 0 radical (unpaired) electrons. The number of hydrogen-bond acceptors (Lipinski definition) is 6. The number of hydrogen-bond donors (Lipinski definition) is 2. The van der Waals surface area contributed by atoms with Gasteiger partial charge in [-0.2, -0.15) is 0 Å². The molecule has 1 atom stereocenters. The Hall–Kier alpha value is -2.65. The molecule has 0 saturated carbocycles. The molecular weight excluding hydrogens is 426 g/mol. The van der Waals surface area contributed by atoms with Crippen molar-refractivity contribution in [3.05, 3.63) is 66.2 Å². The van der Waals surface area contributed by atoms with Crippen molar-refractivity contribution in [3.63, 3.8) is 0 Å².